The topological polar surface area (TPSA) is 116 Å². The largest absolute Gasteiger partial charge is 0.361 e. The number of nitrogens with zero attached hydrogens (tertiary/aromatic N) is 1. The quantitative estimate of drug-likeness (QED) is 0.0800. The van der Waals surface area contributed by atoms with Gasteiger partial charge >= 0.3 is 0 Å². The van der Waals surface area contributed by atoms with Crippen molar-refractivity contribution in [2.45, 2.75) is 23.5 Å². The molecule has 240 valence electrons. The van der Waals surface area contributed by atoms with Gasteiger partial charge in [0.1, 0.15) is 5.70 Å². The molecule has 2 heterocycles. The maximum atomic E-state index is 13.7. The summed E-state index contributed by atoms with van der Waals surface area (Å²) in [5, 5.41) is 12.1. The highest BCUT2D eigenvalue weighted by atomic mass is 35.5. The number of para-hydroxylation sites is 1. The van der Waals surface area contributed by atoms with Crippen LogP contribution in [0.15, 0.2) is 125 Å². The van der Waals surface area contributed by atoms with E-state index in [1.54, 1.807) is 54.7 Å². The van der Waals surface area contributed by atoms with Crippen molar-refractivity contribution >= 4 is 80.2 Å². The van der Waals surface area contributed by atoms with E-state index in [4.69, 9.17) is 11.6 Å². The summed E-state index contributed by atoms with van der Waals surface area (Å²) in [7, 11) is 0. The van der Waals surface area contributed by atoms with Gasteiger partial charge in [-0.1, -0.05) is 79.2 Å². The van der Waals surface area contributed by atoms with Crippen LogP contribution in [-0.2, 0) is 9.59 Å². The SMILES string of the molecule is CCC(Sc1cccc(NC(=O)/C(=C/c2c[nH]c3ccccc23)NC(=O)c2ccccc2)c1)C(=O)Nc1nc(-c2ccccc2Cl)cs1. The third-order valence-electron chi connectivity index (χ3n) is 7.37. The molecule has 0 fully saturated rings. The predicted molar refractivity (Wildman–Crippen MR) is 196 cm³/mol. The lowest BCUT2D eigenvalue weighted by atomic mass is 10.1. The fourth-order valence-electron chi connectivity index (χ4n) is 4.95. The smallest absolute Gasteiger partial charge is 0.272 e. The lowest BCUT2D eigenvalue weighted by molar-refractivity contribution is -0.116. The summed E-state index contributed by atoms with van der Waals surface area (Å²) in [5.41, 5.74) is 4.19. The van der Waals surface area contributed by atoms with Crippen molar-refractivity contribution in [3.8, 4) is 11.3 Å². The highest BCUT2D eigenvalue weighted by Crippen LogP contribution is 2.32. The number of nitrogens with one attached hydrogen (secondary N) is 4. The van der Waals surface area contributed by atoms with Crippen molar-refractivity contribution in [3.05, 3.63) is 137 Å². The standard InChI is InChI=1S/C37H30ClN5O3S2/c1-2-33(36(46)43-37-42-32(22-47-37)28-16-6-8-17-29(28)38)48-26-14-10-13-25(20-26)40-35(45)31(41-34(44)23-11-4-3-5-12-23)19-24-21-39-30-18-9-7-15-27(24)30/h3-22,33,39H,2H2,1H3,(H,40,45)(H,41,44)(H,42,43,46)/b31-19-. The number of carbonyl (C=O) groups excluding carboxylic acids is 3. The second-order valence-corrected chi connectivity index (χ2v) is 13.2. The fourth-order valence-corrected chi connectivity index (χ4v) is 6.91. The van der Waals surface area contributed by atoms with E-state index >= 15 is 0 Å². The second kappa shape index (κ2) is 15.2. The van der Waals surface area contributed by atoms with Crippen LogP contribution in [0.4, 0.5) is 10.8 Å². The number of hydrogen-bond donors (Lipinski definition) is 4. The molecule has 0 aliphatic rings. The normalized spacial score (nSPS) is 12.0. The van der Waals surface area contributed by atoms with Gasteiger partial charge in [0.2, 0.25) is 5.91 Å². The number of fused-ring (bicyclic) bond motifs is 1. The highest BCUT2D eigenvalue weighted by Gasteiger charge is 2.21. The van der Waals surface area contributed by atoms with Crippen molar-refractivity contribution < 1.29 is 14.4 Å². The monoisotopic (exact) mass is 691 g/mol. The molecule has 11 heteroatoms. The summed E-state index contributed by atoms with van der Waals surface area (Å²) < 4.78 is 0. The third kappa shape index (κ3) is 7.86. The molecule has 0 aliphatic carbocycles. The Morgan fingerprint density at radius 3 is 2.52 bits per heavy atom. The molecule has 3 amide bonds. The average Bonchev–Trinajstić information content (AvgIpc) is 3.74. The molecule has 1 atom stereocenters. The molecule has 0 saturated heterocycles. The number of carbonyl (C=O) groups is 3. The molecule has 6 rings (SSSR count). The van der Waals surface area contributed by atoms with Crippen molar-refractivity contribution in [2.24, 2.45) is 0 Å². The first-order chi connectivity index (χ1) is 23.4. The zero-order valence-electron chi connectivity index (χ0n) is 25.7. The Balaban J connectivity index is 1.17. The Morgan fingerprint density at radius 1 is 0.938 bits per heavy atom. The van der Waals surface area contributed by atoms with E-state index in [1.807, 2.05) is 73.0 Å². The Kier molecular flexibility index (Phi) is 10.4. The molecule has 0 spiro atoms. The molecule has 1 unspecified atom stereocenters. The van der Waals surface area contributed by atoms with E-state index in [0.29, 0.717) is 33.5 Å². The number of aromatic nitrogens is 2. The minimum Gasteiger partial charge on any atom is -0.361 e. The van der Waals surface area contributed by atoms with Crippen LogP contribution in [0.2, 0.25) is 5.02 Å². The van der Waals surface area contributed by atoms with Crippen LogP contribution in [0.25, 0.3) is 28.2 Å². The summed E-state index contributed by atoms with van der Waals surface area (Å²) in [6.45, 7) is 1.94. The summed E-state index contributed by atoms with van der Waals surface area (Å²) >= 11 is 9.05. The fraction of sp³-hybridized carbons (Fsp3) is 0.0811. The minimum atomic E-state index is -0.491. The van der Waals surface area contributed by atoms with Gasteiger partial charge in [-0.3, -0.25) is 14.4 Å². The Bertz CT molecular complexity index is 2130. The molecule has 4 aromatic carbocycles. The molecule has 0 radical (unpaired) electrons. The Hall–Kier alpha value is -5.16. The number of aromatic amines is 1. The molecule has 8 nitrogen and oxygen atoms in total. The van der Waals surface area contributed by atoms with Gasteiger partial charge in [-0.05, 0) is 55.0 Å². The van der Waals surface area contributed by atoms with Crippen LogP contribution in [0.1, 0.15) is 29.3 Å². The number of halogens is 1. The van der Waals surface area contributed by atoms with Gasteiger partial charge in [-0.25, -0.2) is 4.98 Å². The van der Waals surface area contributed by atoms with Gasteiger partial charge in [-0.15, -0.1) is 23.1 Å². The third-order valence-corrected chi connectivity index (χ3v) is 9.81. The lowest BCUT2D eigenvalue weighted by Gasteiger charge is -2.15. The molecule has 48 heavy (non-hydrogen) atoms. The van der Waals surface area contributed by atoms with Gasteiger partial charge in [0.25, 0.3) is 11.8 Å². The van der Waals surface area contributed by atoms with Crippen molar-refractivity contribution in [3.63, 3.8) is 0 Å². The number of rotatable bonds is 11. The van der Waals surface area contributed by atoms with Crippen LogP contribution in [0.3, 0.4) is 0 Å². The van der Waals surface area contributed by atoms with Gasteiger partial charge < -0.3 is 20.9 Å². The number of H-pyrrole nitrogens is 1. The summed E-state index contributed by atoms with van der Waals surface area (Å²) in [4.78, 5) is 48.6. The summed E-state index contributed by atoms with van der Waals surface area (Å²) in [5.74, 6) is -1.07. The van der Waals surface area contributed by atoms with Gasteiger partial charge in [0, 0.05) is 54.8 Å². The van der Waals surface area contributed by atoms with E-state index in [2.05, 4.69) is 25.9 Å². The summed E-state index contributed by atoms with van der Waals surface area (Å²) in [6, 6.07) is 31.1. The second-order valence-electron chi connectivity index (χ2n) is 10.7. The Labute approximate surface area is 290 Å². The zero-order valence-corrected chi connectivity index (χ0v) is 28.1. The van der Waals surface area contributed by atoms with Gasteiger partial charge in [0.15, 0.2) is 5.13 Å². The van der Waals surface area contributed by atoms with Crippen LogP contribution in [-0.4, -0.2) is 32.9 Å². The zero-order chi connectivity index (χ0) is 33.5. The number of amides is 3. The number of thioether (sulfide) groups is 1. The predicted octanol–water partition coefficient (Wildman–Crippen LogP) is 8.86. The van der Waals surface area contributed by atoms with E-state index in [1.165, 1.54) is 23.1 Å². The first-order valence-corrected chi connectivity index (χ1v) is 17.2. The first kappa shape index (κ1) is 32.8. The van der Waals surface area contributed by atoms with E-state index in [0.717, 1.165) is 26.9 Å². The Morgan fingerprint density at radius 2 is 1.71 bits per heavy atom. The van der Waals surface area contributed by atoms with Crippen molar-refractivity contribution in [1.29, 1.82) is 0 Å². The number of hydrogen-bond acceptors (Lipinski definition) is 6. The van der Waals surface area contributed by atoms with Gasteiger partial charge in [0.05, 0.1) is 10.9 Å². The molecule has 0 bridgehead atoms. The average molecular weight is 692 g/mol. The maximum Gasteiger partial charge on any atom is 0.272 e. The van der Waals surface area contributed by atoms with Crippen LogP contribution in [0, 0.1) is 0 Å². The molecular weight excluding hydrogens is 662 g/mol. The lowest BCUT2D eigenvalue weighted by Crippen LogP contribution is -2.30. The first-order valence-electron chi connectivity index (χ1n) is 15.1. The van der Waals surface area contributed by atoms with E-state index < -0.39 is 17.1 Å². The minimum absolute atomic E-state index is 0.0806. The van der Waals surface area contributed by atoms with Crippen LogP contribution >= 0.6 is 34.7 Å². The molecular formula is C37H30ClN5O3S2. The molecule has 0 saturated carbocycles. The molecule has 4 N–H and O–H groups in total. The summed E-state index contributed by atoms with van der Waals surface area (Å²) in [6.07, 6.45) is 4.02. The van der Waals surface area contributed by atoms with E-state index in [-0.39, 0.29) is 11.6 Å². The number of thiazole rings is 1. The molecule has 6 aromatic rings. The highest BCUT2D eigenvalue weighted by molar-refractivity contribution is 8.00. The number of anilines is 2. The van der Waals surface area contributed by atoms with Gasteiger partial charge in [-0.2, -0.15) is 0 Å². The number of benzene rings is 4. The van der Waals surface area contributed by atoms with Crippen molar-refractivity contribution in [1.82, 2.24) is 15.3 Å². The maximum absolute atomic E-state index is 13.7. The van der Waals surface area contributed by atoms with Crippen LogP contribution in [0.5, 0.6) is 0 Å². The van der Waals surface area contributed by atoms with Crippen molar-refractivity contribution in [2.75, 3.05) is 10.6 Å². The molecule has 0 aliphatic heterocycles. The van der Waals surface area contributed by atoms with E-state index in [9.17, 15) is 14.4 Å². The van der Waals surface area contributed by atoms with Crippen LogP contribution < -0.4 is 16.0 Å². The molecule has 2 aromatic heterocycles.